The van der Waals surface area contributed by atoms with Gasteiger partial charge < -0.3 is 10.1 Å². The third kappa shape index (κ3) is 4.86. The minimum atomic E-state index is -0.538. The van der Waals surface area contributed by atoms with Crippen LogP contribution in [0.25, 0.3) is 0 Å². The maximum absolute atomic E-state index is 12.0. The monoisotopic (exact) mass is 397 g/mol. The lowest BCUT2D eigenvalue weighted by atomic mass is 9.84. The van der Waals surface area contributed by atoms with Crippen molar-refractivity contribution in [2.75, 3.05) is 6.61 Å². The van der Waals surface area contributed by atoms with Crippen LogP contribution in [0.1, 0.15) is 55.1 Å². The summed E-state index contributed by atoms with van der Waals surface area (Å²) in [5.41, 5.74) is 0. The summed E-state index contributed by atoms with van der Waals surface area (Å²) in [7, 11) is 0. The van der Waals surface area contributed by atoms with Crippen LogP contribution in [0.2, 0.25) is 4.34 Å². The molecule has 26 heavy (non-hydrogen) atoms. The highest BCUT2D eigenvalue weighted by atomic mass is 35.5. The van der Waals surface area contributed by atoms with Gasteiger partial charge in [0.2, 0.25) is 0 Å². The zero-order chi connectivity index (χ0) is 18.7. The number of halogens is 1. The third-order valence-electron chi connectivity index (χ3n) is 5.59. The number of esters is 1. The van der Waals surface area contributed by atoms with Crippen molar-refractivity contribution in [1.82, 2.24) is 5.32 Å². The van der Waals surface area contributed by atoms with Crippen LogP contribution in [0, 0.1) is 17.8 Å². The Morgan fingerprint density at radius 2 is 2.08 bits per heavy atom. The Hall–Kier alpha value is -1.40. The predicted octanol–water partition coefficient (Wildman–Crippen LogP) is 3.85. The zero-order valence-corrected chi connectivity index (χ0v) is 16.4. The van der Waals surface area contributed by atoms with Gasteiger partial charge in [-0.3, -0.25) is 14.4 Å². The quantitative estimate of drug-likeness (QED) is 0.534. The Morgan fingerprint density at radius 1 is 1.27 bits per heavy atom. The molecule has 3 rings (SSSR count). The molecule has 0 unspecified atom stereocenters. The molecule has 2 aliphatic carbocycles. The van der Waals surface area contributed by atoms with Crippen molar-refractivity contribution in [1.29, 1.82) is 0 Å². The fourth-order valence-corrected chi connectivity index (χ4v) is 5.34. The van der Waals surface area contributed by atoms with E-state index in [1.807, 2.05) is 6.92 Å². The molecule has 0 radical (unpaired) electrons. The second kappa shape index (κ2) is 8.53. The van der Waals surface area contributed by atoms with E-state index in [2.05, 4.69) is 5.32 Å². The minimum Gasteiger partial charge on any atom is -0.456 e. The number of rotatable bonds is 8. The predicted molar refractivity (Wildman–Crippen MR) is 100 cm³/mol. The minimum absolute atomic E-state index is 0.0381. The van der Waals surface area contributed by atoms with E-state index in [4.69, 9.17) is 16.3 Å². The number of thiophene rings is 1. The highest BCUT2D eigenvalue weighted by Gasteiger charge is 2.42. The summed E-state index contributed by atoms with van der Waals surface area (Å²) in [6, 6.07) is 3.41. The second-order valence-corrected chi connectivity index (χ2v) is 9.10. The van der Waals surface area contributed by atoms with Crippen LogP contribution in [-0.4, -0.2) is 30.3 Å². The topological polar surface area (TPSA) is 72.5 Å². The number of Topliss-reactive ketones (excluding diaryl/α,β-unsaturated/α-hetero) is 1. The maximum atomic E-state index is 12.0. The summed E-state index contributed by atoms with van der Waals surface area (Å²) in [6.07, 6.45) is 5.11. The van der Waals surface area contributed by atoms with Gasteiger partial charge in [-0.2, -0.15) is 0 Å². The average molecular weight is 398 g/mol. The number of carbonyl (C=O) groups is 3. The molecule has 2 saturated carbocycles. The number of amides is 1. The highest BCUT2D eigenvalue weighted by molar-refractivity contribution is 7.18. The molecule has 1 amide bonds. The third-order valence-corrected chi connectivity index (χ3v) is 6.86. The smallest absolute Gasteiger partial charge is 0.306 e. The molecule has 0 aliphatic heterocycles. The fraction of sp³-hybridized carbons (Fsp3) is 0.632. The molecule has 0 aromatic carbocycles. The number of ether oxygens (including phenoxy) is 1. The van der Waals surface area contributed by atoms with Gasteiger partial charge in [0.15, 0.2) is 12.4 Å². The molecule has 1 aromatic heterocycles. The van der Waals surface area contributed by atoms with Gasteiger partial charge in [-0.25, -0.2) is 0 Å². The highest BCUT2D eigenvalue weighted by Crippen LogP contribution is 2.49. The van der Waals surface area contributed by atoms with E-state index in [1.165, 1.54) is 37.0 Å². The molecule has 0 saturated heterocycles. The molecule has 5 nitrogen and oxygen atoms in total. The number of hydrogen-bond donors (Lipinski definition) is 1. The Morgan fingerprint density at radius 3 is 2.69 bits per heavy atom. The van der Waals surface area contributed by atoms with Crippen LogP contribution in [0.4, 0.5) is 0 Å². The lowest BCUT2D eigenvalue weighted by molar-refractivity contribution is -0.148. The summed E-state index contributed by atoms with van der Waals surface area (Å²) in [5, 5.41) is 2.96. The Labute approximate surface area is 162 Å². The summed E-state index contributed by atoms with van der Waals surface area (Å²) >= 11 is 6.98. The van der Waals surface area contributed by atoms with Gasteiger partial charge in [-0.15, -0.1) is 11.3 Å². The lowest BCUT2D eigenvalue weighted by Gasteiger charge is -2.28. The Bertz CT molecular complexity index is 689. The van der Waals surface area contributed by atoms with Crippen molar-refractivity contribution in [2.24, 2.45) is 17.8 Å². The first-order chi connectivity index (χ1) is 12.4. The van der Waals surface area contributed by atoms with Gasteiger partial charge in [0.25, 0.3) is 5.91 Å². The van der Waals surface area contributed by atoms with Gasteiger partial charge in [-0.1, -0.05) is 18.0 Å². The molecule has 2 fully saturated rings. The van der Waals surface area contributed by atoms with Gasteiger partial charge in [0, 0.05) is 12.5 Å². The van der Waals surface area contributed by atoms with Crippen molar-refractivity contribution in [2.45, 2.75) is 51.5 Å². The maximum Gasteiger partial charge on any atom is 0.306 e. The summed E-state index contributed by atoms with van der Waals surface area (Å²) in [6.45, 7) is 1.75. The normalized spacial score (nSPS) is 25.1. The number of hydrogen-bond acceptors (Lipinski definition) is 5. The first-order valence-corrected chi connectivity index (χ1v) is 10.4. The average Bonchev–Trinajstić information content (AvgIpc) is 3.34. The molecule has 4 atom stereocenters. The Kier molecular flexibility index (Phi) is 6.35. The fourth-order valence-electron chi connectivity index (χ4n) is 4.33. The van der Waals surface area contributed by atoms with Crippen molar-refractivity contribution in [3.8, 4) is 0 Å². The molecule has 1 aromatic rings. The van der Waals surface area contributed by atoms with Crippen LogP contribution in [-0.2, 0) is 14.3 Å². The molecular formula is C19H24ClNO4S. The first-order valence-electron chi connectivity index (χ1n) is 9.16. The van der Waals surface area contributed by atoms with E-state index >= 15 is 0 Å². The second-order valence-electron chi connectivity index (χ2n) is 7.38. The molecular weight excluding hydrogens is 374 g/mol. The molecule has 0 spiro atoms. The van der Waals surface area contributed by atoms with Gasteiger partial charge in [0.1, 0.15) is 0 Å². The zero-order valence-electron chi connectivity index (χ0n) is 14.8. The number of ketones is 1. The van der Waals surface area contributed by atoms with E-state index in [0.29, 0.717) is 15.1 Å². The van der Waals surface area contributed by atoms with Crippen molar-refractivity contribution in [3.05, 3.63) is 21.3 Å². The van der Waals surface area contributed by atoms with Crippen LogP contribution in [0.5, 0.6) is 0 Å². The summed E-state index contributed by atoms with van der Waals surface area (Å²) in [4.78, 5) is 36.2. The van der Waals surface area contributed by atoms with Crippen LogP contribution >= 0.6 is 22.9 Å². The summed E-state index contributed by atoms with van der Waals surface area (Å²) < 4.78 is 5.53. The van der Waals surface area contributed by atoms with E-state index in [9.17, 15) is 14.4 Å². The lowest BCUT2D eigenvalue weighted by Crippen LogP contribution is -2.42. The molecule has 2 bridgehead atoms. The van der Waals surface area contributed by atoms with Crippen molar-refractivity contribution >= 4 is 40.6 Å². The largest absolute Gasteiger partial charge is 0.456 e. The first kappa shape index (κ1) is 19.4. The van der Waals surface area contributed by atoms with Crippen molar-refractivity contribution < 1.29 is 19.1 Å². The van der Waals surface area contributed by atoms with E-state index in [0.717, 1.165) is 11.8 Å². The number of nitrogens with one attached hydrogen (secondary N) is 1. The van der Waals surface area contributed by atoms with Crippen LogP contribution in [0.15, 0.2) is 12.1 Å². The Balaban J connectivity index is 1.33. The van der Waals surface area contributed by atoms with E-state index in [-0.39, 0.29) is 37.2 Å². The molecule has 2 aliphatic rings. The van der Waals surface area contributed by atoms with Crippen LogP contribution in [0.3, 0.4) is 0 Å². The molecule has 1 N–H and O–H groups in total. The van der Waals surface area contributed by atoms with Gasteiger partial charge in [-0.05, 0) is 56.1 Å². The van der Waals surface area contributed by atoms with E-state index in [1.54, 1.807) is 12.1 Å². The van der Waals surface area contributed by atoms with Gasteiger partial charge in [0.05, 0.1) is 15.6 Å². The van der Waals surface area contributed by atoms with Gasteiger partial charge >= 0.3 is 5.97 Å². The number of carbonyl (C=O) groups excluding carboxylic acids is 3. The molecule has 142 valence electrons. The SMILES string of the molecule is C[C@H](NC(=O)COC(=O)CCC(=O)c1ccc(Cl)s1)[C@H]1C[C@@H]2CC[C@@H]1C2. The molecule has 1 heterocycles. The molecule has 7 heteroatoms. The summed E-state index contributed by atoms with van der Waals surface area (Å²) in [5.74, 6) is 1.15. The standard InChI is InChI=1S/C19H24ClNO4S/c1-11(14-9-12-2-3-13(14)8-12)21-18(23)10-25-19(24)7-4-15(22)16-5-6-17(20)26-16/h5-6,11-14H,2-4,7-10H2,1H3,(H,21,23)/t11-,12+,13+,14+/m0/s1. The van der Waals surface area contributed by atoms with Crippen LogP contribution < -0.4 is 5.32 Å². The van der Waals surface area contributed by atoms with E-state index < -0.39 is 5.97 Å². The van der Waals surface area contributed by atoms with Crippen molar-refractivity contribution in [3.63, 3.8) is 0 Å². The number of fused-ring (bicyclic) bond motifs is 2.